The molecule has 0 amide bonds. The lowest BCUT2D eigenvalue weighted by atomic mass is 10.0. The first kappa shape index (κ1) is 15.1. The van der Waals surface area contributed by atoms with E-state index < -0.39 is 8.32 Å². The maximum Gasteiger partial charge on any atom is 0.191 e. The minimum atomic E-state index is -1.64. The van der Waals surface area contributed by atoms with Gasteiger partial charge in [-0.1, -0.05) is 34.6 Å². The molecule has 0 rings (SSSR count). The van der Waals surface area contributed by atoms with Crippen LogP contribution in [-0.4, -0.2) is 26.1 Å². The molecule has 0 aliphatic heterocycles. The summed E-state index contributed by atoms with van der Waals surface area (Å²) in [6, 6.07) is 0. The lowest BCUT2D eigenvalue weighted by molar-refractivity contribution is 0.0773. The fourth-order valence-electron chi connectivity index (χ4n) is 1.07. The molecular weight excluding hydrogens is 204 g/mol. The molecule has 0 heterocycles. The van der Waals surface area contributed by atoms with Crippen LogP contribution in [0.2, 0.25) is 18.1 Å². The summed E-state index contributed by atoms with van der Waals surface area (Å²) in [7, 11) is -1.64. The molecule has 92 valence electrons. The number of hydrogen-bond donors (Lipinski definition) is 1. The highest BCUT2D eigenvalue weighted by Gasteiger charge is 2.37. The van der Waals surface area contributed by atoms with Crippen molar-refractivity contribution in [2.75, 3.05) is 6.61 Å². The summed E-state index contributed by atoms with van der Waals surface area (Å²) < 4.78 is 6.06. The molecule has 2 atom stereocenters. The predicted molar refractivity (Wildman–Crippen MR) is 68.6 cm³/mol. The summed E-state index contributed by atoms with van der Waals surface area (Å²) in [6.45, 7) is 16.0. The summed E-state index contributed by atoms with van der Waals surface area (Å²) >= 11 is 0. The van der Waals surface area contributed by atoms with Gasteiger partial charge in [0.05, 0.1) is 6.10 Å². The van der Waals surface area contributed by atoms with Gasteiger partial charge in [-0.25, -0.2) is 0 Å². The van der Waals surface area contributed by atoms with E-state index in [0.717, 1.165) is 6.42 Å². The van der Waals surface area contributed by atoms with Crippen molar-refractivity contribution >= 4 is 8.32 Å². The van der Waals surface area contributed by atoms with Crippen molar-refractivity contribution in [1.82, 2.24) is 0 Å². The average Bonchev–Trinajstić information content (AvgIpc) is 2.11. The first-order chi connectivity index (χ1) is 6.62. The molecule has 0 aromatic heterocycles. The minimum absolute atomic E-state index is 0.227. The van der Waals surface area contributed by atoms with E-state index in [0.29, 0.717) is 6.61 Å². The zero-order chi connectivity index (χ0) is 12.3. The van der Waals surface area contributed by atoms with Crippen molar-refractivity contribution in [2.45, 2.75) is 65.3 Å². The minimum Gasteiger partial charge on any atom is -0.416 e. The van der Waals surface area contributed by atoms with Crippen LogP contribution in [0.5, 0.6) is 0 Å². The fourth-order valence-corrected chi connectivity index (χ4v) is 2.18. The molecule has 0 aliphatic carbocycles. The Balaban J connectivity index is 4.16. The Morgan fingerprint density at radius 3 is 2.07 bits per heavy atom. The van der Waals surface area contributed by atoms with Crippen molar-refractivity contribution in [3.05, 3.63) is 0 Å². The van der Waals surface area contributed by atoms with Crippen LogP contribution >= 0.6 is 0 Å². The Labute approximate surface area is 96.2 Å². The van der Waals surface area contributed by atoms with Gasteiger partial charge in [0.25, 0.3) is 0 Å². The average molecular weight is 232 g/mol. The zero-order valence-electron chi connectivity index (χ0n) is 11.4. The monoisotopic (exact) mass is 232 g/mol. The lowest BCUT2D eigenvalue weighted by Crippen LogP contribution is -2.42. The Morgan fingerprint density at radius 1 is 1.27 bits per heavy atom. The molecule has 0 radical (unpaired) electrons. The lowest BCUT2D eigenvalue weighted by Gasteiger charge is -2.37. The second-order valence-electron chi connectivity index (χ2n) is 6.02. The fraction of sp³-hybridized carbons (Fsp3) is 1.00. The molecule has 0 fully saturated rings. The second kappa shape index (κ2) is 5.46. The number of aliphatic hydroxyl groups is 1. The standard InChI is InChI=1S/C12H28O2Si/c1-8-11(13)10(2)9-14-15(6,7)12(3,4)5/h10-11,13H,8-9H2,1-7H3/t10-,11?/m1/s1. The Kier molecular flexibility index (Phi) is 5.51. The Hall–Kier alpha value is 0.137. The first-order valence-electron chi connectivity index (χ1n) is 5.94. The molecular formula is C12H28O2Si. The van der Waals surface area contributed by atoms with Gasteiger partial charge in [0.15, 0.2) is 8.32 Å². The van der Waals surface area contributed by atoms with Crippen LogP contribution in [0.4, 0.5) is 0 Å². The van der Waals surface area contributed by atoms with Crippen LogP contribution in [-0.2, 0) is 4.43 Å². The second-order valence-corrected chi connectivity index (χ2v) is 10.8. The molecule has 1 unspecified atom stereocenters. The van der Waals surface area contributed by atoms with Crippen LogP contribution in [0, 0.1) is 5.92 Å². The smallest absolute Gasteiger partial charge is 0.191 e. The zero-order valence-corrected chi connectivity index (χ0v) is 12.4. The van der Waals surface area contributed by atoms with E-state index in [4.69, 9.17) is 4.43 Å². The summed E-state index contributed by atoms with van der Waals surface area (Å²) in [5.74, 6) is 0.240. The van der Waals surface area contributed by atoms with Gasteiger partial charge >= 0.3 is 0 Å². The van der Waals surface area contributed by atoms with Gasteiger partial charge in [0.2, 0.25) is 0 Å². The molecule has 15 heavy (non-hydrogen) atoms. The van der Waals surface area contributed by atoms with Crippen LogP contribution in [0.15, 0.2) is 0 Å². The molecule has 0 spiro atoms. The van der Waals surface area contributed by atoms with Crippen LogP contribution in [0.25, 0.3) is 0 Å². The third-order valence-electron chi connectivity index (χ3n) is 3.59. The predicted octanol–water partition coefficient (Wildman–Crippen LogP) is 3.42. The topological polar surface area (TPSA) is 29.5 Å². The van der Waals surface area contributed by atoms with Crippen molar-refractivity contribution in [3.63, 3.8) is 0 Å². The quantitative estimate of drug-likeness (QED) is 0.736. The summed E-state index contributed by atoms with van der Waals surface area (Å²) in [5.41, 5.74) is 0. The maximum absolute atomic E-state index is 9.66. The van der Waals surface area contributed by atoms with E-state index in [-0.39, 0.29) is 17.1 Å². The number of hydrogen-bond acceptors (Lipinski definition) is 2. The maximum atomic E-state index is 9.66. The third kappa shape index (κ3) is 4.66. The van der Waals surface area contributed by atoms with Gasteiger partial charge in [-0.15, -0.1) is 0 Å². The van der Waals surface area contributed by atoms with E-state index in [1.165, 1.54) is 0 Å². The van der Waals surface area contributed by atoms with Gasteiger partial charge in [0, 0.05) is 12.5 Å². The van der Waals surface area contributed by atoms with Crippen LogP contribution in [0.3, 0.4) is 0 Å². The Morgan fingerprint density at radius 2 is 1.73 bits per heavy atom. The molecule has 1 N–H and O–H groups in total. The molecule has 0 saturated heterocycles. The molecule has 0 saturated carbocycles. The highest BCUT2D eigenvalue weighted by atomic mass is 28.4. The molecule has 0 aliphatic rings. The number of rotatable bonds is 5. The van der Waals surface area contributed by atoms with Crippen molar-refractivity contribution in [3.8, 4) is 0 Å². The highest BCUT2D eigenvalue weighted by Crippen LogP contribution is 2.36. The van der Waals surface area contributed by atoms with Gasteiger partial charge in [-0.2, -0.15) is 0 Å². The van der Waals surface area contributed by atoms with Crippen molar-refractivity contribution < 1.29 is 9.53 Å². The summed E-state index contributed by atoms with van der Waals surface area (Å²) in [6.07, 6.45) is 0.581. The van der Waals surface area contributed by atoms with Crippen molar-refractivity contribution in [1.29, 1.82) is 0 Å². The molecule has 0 bridgehead atoms. The van der Waals surface area contributed by atoms with Gasteiger partial charge in [-0.05, 0) is 24.6 Å². The van der Waals surface area contributed by atoms with E-state index in [1.807, 2.05) is 6.92 Å². The highest BCUT2D eigenvalue weighted by molar-refractivity contribution is 6.74. The van der Waals surface area contributed by atoms with Gasteiger partial charge in [-0.3, -0.25) is 0 Å². The normalized spacial score (nSPS) is 17.6. The molecule has 0 aromatic carbocycles. The van der Waals surface area contributed by atoms with E-state index in [9.17, 15) is 5.11 Å². The van der Waals surface area contributed by atoms with E-state index in [2.05, 4.69) is 40.8 Å². The first-order valence-corrected chi connectivity index (χ1v) is 8.84. The summed E-state index contributed by atoms with van der Waals surface area (Å²) in [4.78, 5) is 0. The summed E-state index contributed by atoms with van der Waals surface area (Å²) in [5, 5.41) is 9.92. The van der Waals surface area contributed by atoms with Gasteiger partial charge < -0.3 is 9.53 Å². The molecule has 2 nitrogen and oxygen atoms in total. The third-order valence-corrected chi connectivity index (χ3v) is 8.09. The SMILES string of the molecule is CCC(O)[C@H](C)CO[Si](C)(C)C(C)(C)C. The van der Waals surface area contributed by atoms with Crippen LogP contribution < -0.4 is 0 Å². The largest absolute Gasteiger partial charge is 0.416 e. The molecule has 0 aromatic rings. The van der Waals surface area contributed by atoms with E-state index in [1.54, 1.807) is 0 Å². The number of aliphatic hydroxyl groups excluding tert-OH is 1. The van der Waals surface area contributed by atoms with Gasteiger partial charge in [0.1, 0.15) is 0 Å². The van der Waals surface area contributed by atoms with Crippen molar-refractivity contribution in [2.24, 2.45) is 5.92 Å². The van der Waals surface area contributed by atoms with E-state index >= 15 is 0 Å². The van der Waals surface area contributed by atoms with Crippen LogP contribution in [0.1, 0.15) is 41.0 Å². The molecule has 3 heteroatoms. The Bertz CT molecular complexity index is 185.